The van der Waals surface area contributed by atoms with Crippen molar-refractivity contribution in [3.8, 4) is 17.2 Å². The Kier molecular flexibility index (Phi) is 4.30. The van der Waals surface area contributed by atoms with Crippen molar-refractivity contribution in [3.63, 3.8) is 0 Å². The SMILES string of the molecule is O=C(CSc1nnc(-c2ccc(O)cc2)o1)Nc1nncs1. The van der Waals surface area contributed by atoms with Gasteiger partial charge in [0.05, 0.1) is 5.75 Å². The second kappa shape index (κ2) is 6.54. The van der Waals surface area contributed by atoms with Crippen LogP contribution in [0.2, 0.25) is 0 Å². The molecule has 22 heavy (non-hydrogen) atoms. The number of aromatic hydroxyl groups is 1. The lowest BCUT2D eigenvalue weighted by Crippen LogP contribution is -2.13. The maximum Gasteiger partial charge on any atom is 0.277 e. The summed E-state index contributed by atoms with van der Waals surface area (Å²) in [5.41, 5.74) is 2.22. The standard InChI is InChI=1S/C12H9N5O3S2/c18-8-3-1-7(2-4-8)10-15-17-12(20-10)21-5-9(19)14-11-16-13-6-22-11/h1-4,6,18H,5H2,(H,14,16,19). The highest BCUT2D eigenvalue weighted by atomic mass is 32.2. The molecule has 0 saturated heterocycles. The lowest BCUT2D eigenvalue weighted by atomic mass is 10.2. The number of phenols is 1. The van der Waals surface area contributed by atoms with Gasteiger partial charge in [-0.25, -0.2) is 0 Å². The number of phenolic OH excluding ortho intramolecular Hbond substituents is 1. The highest BCUT2D eigenvalue weighted by Crippen LogP contribution is 2.24. The van der Waals surface area contributed by atoms with Gasteiger partial charge in [-0.15, -0.1) is 20.4 Å². The van der Waals surface area contributed by atoms with E-state index in [0.29, 0.717) is 16.6 Å². The Balaban J connectivity index is 1.57. The first-order valence-electron chi connectivity index (χ1n) is 6.02. The van der Waals surface area contributed by atoms with E-state index in [1.807, 2.05) is 0 Å². The van der Waals surface area contributed by atoms with E-state index in [2.05, 4.69) is 25.7 Å². The fraction of sp³-hybridized carbons (Fsp3) is 0.0833. The van der Waals surface area contributed by atoms with E-state index in [4.69, 9.17) is 4.42 Å². The van der Waals surface area contributed by atoms with E-state index < -0.39 is 0 Å². The minimum atomic E-state index is -0.230. The Morgan fingerprint density at radius 1 is 1.27 bits per heavy atom. The van der Waals surface area contributed by atoms with Crippen molar-refractivity contribution in [2.45, 2.75) is 5.22 Å². The van der Waals surface area contributed by atoms with Crippen LogP contribution in [0.5, 0.6) is 5.75 Å². The molecule has 3 aromatic rings. The third-order valence-corrected chi connectivity index (χ3v) is 3.88. The van der Waals surface area contributed by atoms with Gasteiger partial charge in [-0.3, -0.25) is 10.1 Å². The molecule has 1 amide bonds. The van der Waals surface area contributed by atoms with Crippen LogP contribution in [0.3, 0.4) is 0 Å². The van der Waals surface area contributed by atoms with Crippen LogP contribution in [-0.2, 0) is 4.79 Å². The van der Waals surface area contributed by atoms with Gasteiger partial charge >= 0.3 is 0 Å². The molecule has 3 rings (SSSR count). The van der Waals surface area contributed by atoms with Gasteiger partial charge < -0.3 is 9.52 Å². The summed E-state index contributed by atoms with van der Waals surface area (Å²) in [6.45, 7) is 0. The van der Waals surface area contributed by atoms with E-state index in [1.165, 1.54) is 29.0 Å². The molecule has 0 fully saturated rings. The third kappa shape index (κ3) is 3.59. The second-order valence-electron chi connectivity index (χ2n) is 4.00. The normalized spacial score (nSPS) is 10.5. The Bertz CT molecular complexity index is 757. The first-order chi connectivity index (χ1) is 10.7. The molecule has 0 saturated carbocycles. The fourth-order valence-corrected chi connectivity index (χ4v) is 2.52. The molecule has 2 N–H and O–H groups in total. The van der Waals surface area contributed by atoms with E-state index in [1.54, 1.807) is 12.1 Å². The molecule has 0 spiro atoms. The number of carbonyl (C=O) groups is 1. The number of hydrogen-bond acceptors (Lipinski definition) is 9. The minimum absolute atomic E-state index is 0.122. The number of nitrogens with one attached hydrogen (secondary N) is 1. The van der Waals surface area contributed by atoms with Crippen LogP contribution in [0, 0.1) is 0 Å². The predicted octanol–water partition coefficient (Wildman–Crippen LogP) is 2.02. The number of nitrogens with zero attached hydrogens (tertiary/aromatic N) is 4. The predicted molar refractivity (Wildman–Crippen MR) is 80.7 cm³/mol. The van der Waals surface area contributed by atoms with Crippen molar-refractivity contribution in [2.75, 3.05) is 11.1 Å². The number of rotatable bonds is 5. The van der Waals surface area contributed by atoms with Crippen molar-refractivity contribution in [1.29, 1.82) is 0 Å². The molecule has 0 aliphatic heterocycles. The van der Waals surface area contributed by atoms with Crippen molar-refractivity contribution >= 4 is 34.1 Å². The zero-order chi connectivity index (χ0) is 15.4. The Labute approximate surface area is 132 Å². The van der Waals surface area contributed by atoms with Gasteiger partial charge in [0.1, 0.15) is 11.3 Å². The summed E-state index contributed by atoms with van der Waals surface area (Å²) in [4.78, 5) is 11.7. The maximum absolute atomic E-state index is 11.7. The number of amides is 1. The molecule has 10 heteroatoms. The molecule has 112 valence electrons. The van der Waals surface area contributed by atoms with Gasteiger partial charge in [-0.2, -0.15) is 0 Å². The lowest BCUT2D eigenvalue weighted by Gasteiger charge is -1.98. The lowest BCUT2D eigenvalue weighted by molar-refractivity contribution is -0.113. The molecular weight excluding hydrogens is 326 g/mol. The quantitative estimate of drug-likeness (QED) is 0.681. The molecule has 1 aromatic carbocycles. The Hall–Kier alpha value is -2.46. The van der Waals surface area contributed by atoms with Gasteiger partial charge in [0.25, 0.3) is 5.22 Å². The molecule has 0 radical (unpaired) electrons. The molecule has 8 nitrogen and oxygen atoms in total. The summed E-state index contributed by atoms with van der Waals surface area (Å²) in [6, 6.07) is 6.39. The van der Waals surface area contributed by atoms with E-state index >= 15 is 0 Å². The molecule has 0 atom stereocenters. The summed E-state index contributed by atoms with van der Waals surface area (Å²) in [5.74, 6) is 0.376. The van der Waals surface area contributed by atoms with Crippen LogP contribution in [-0.4, -0.2) is 37.2 Å². The first kappa shape index (κ1) is 14.5. The molecule has 0 unspecified atom stereocenters. The minimum Gasteiger partial charge on any atom is -0.508 e. The van der Waals surface area contributed by atoms with Crippen LogP contribution in [0.15, 0.2) is 39.4 Å². The van der Waals surface area contributed by atoms with E-state index in [-0.39, 0.29) is 22.6 Å². The molecule has 0 aliphatic rings. The number of hydrogen-bond donors (Lipinski definition) is 2. The number of carbonyl (C=O) groups excluding carboxylic acids is 1. The first-order valence-corrected chi connectivity index (χ1v) is 7.89. The van der Waals surface area contributed by atoms with Crippen molar-refractivity contribution in [3.05, 3.63) is 29.8 Å². The number of benzene rings is 1. The topological polar surface area (TPSA) is 114 Å². The van der Waals surface area contributed by atoms with Gasteiger partial charge in [0.2, 0.25) is 16.9 Å². The molecule has 0 aliphatic carbocycles. The highest BCUT2D eigenvalue weighted by molar-refractivity contribution is 7.99. The summed E-state index contributed by atoms with van der Waals surface area (Å²) >= 11 is 2.36. The van der Waals surface area contributed by atoms with Gasteiger partial charge in [-0.1, -0.05) is 23.1 Å². The van der Waals surface area contributed by atoms with Crippen molar-refractivity contribution < 1.29 is 14.3 Å². The zero-order valence-electron chi connectivity index (χ0n) is 11.0. The summed E-state index contributed by atoms with van der Waals surface area (Å²) < 4.78 is 5.45. The Morgan fingerprint density at radius 2 is 2.09 bits per heavy atom. The van der Waals surface area contributed by atoms with Gasteiger partial charge in [0.15, 0.2) is 0 Å². The monoisotopic (exact) mass is 335 g/mol. The molecular formula is C12H9N5O3S2. The highest BCUT2D eigenvalue weighted by Gasteiger charge is 2.12. The van der Waals surface area contributed by atoms with Crippen LogP contribution >= 0.6 is 23.1 Å². The third-order valence-electron chi connectivity index (χ3n) is 2.45. The van der Waals surface area contributed by atoms with E-state index in [9.17, 15) is 9.90 Å². The van der Waals surface area contributed by atoms with Gasteiger partial charge in [-0.05, 0) is 24.3 Å². The van der Waals surface area contributed by atoms with Gasteiger partial charge in [0, 0.05) is 5.56 Å². The van der Waals surface area contributed by atoms with Crippen LogP contribution in [0.4, 0.5) is 5.13 Å². The molecule has 0 bridgehead atoms. The van der Waals surface area contributed by atoms with E-state index in [0.717, 1.165) is 11.8 Å². The summed E-state index contributed by atoms with van der Waals surface area (Å²) in [5, 5.41) is 27.7. The van der Waals surface area contributed by atoms with Crippen molar-refractivity contribution in [2.24, 2.45) is 0 Å². The smallest absolute Gasteiger partial charge is 0.277 e. The van der Waals surface area contributed by atoms with Crippen molar-refractivity contribution in [1.82, 2.24) is 20.4 Å². The second-order valence-corrected chi connectivity index (χ2v) is 5.76. The Morgan fingerprint density at radius 3 is 2.82 bits per heavy atom. The van der Waals surface area contributed by atoms with Crippen LogP contribution < -0.4 is 5.32 Å². The van der Waals surface area contributed by atoms with Crippen LogP contribution in [0.25, 0.3) is 11.5 Å². The number of thioether (sulfide) groups is 1. The maximum atomic E-state index is 11.7. The van der Waals surface area contributed by atoms with Crippen LogP contribution in [0.1, 0.15) is 0 Å². The largest absolute Gasteiger partial charge is 0.508 e. The summed E-state index contributed by atoms with van der Waals surface area (Å²) in [7, 11) is 0. The zero-order valence-corrected chi connectivity index (χ0v) is 12.6. The fourth-order valence-electron chi connectivity index (χ4n) is 1.50. The number of aromatic nitrogens is 4. The average Bonchev–Trinajstić information content (AvgIpc) is 3.17. The molecule has 2 heterocycles. The molecule has 2 aromatic heterocycles. The average molecular weight is 335 g/mol. The summed E-state index contributed by atoms with van der Waals surface area (Å²) in [6.07, 6.45) is 0. The number of anilines is 1.